The summed E-state index contributed by atoms with van der Waals surface area (Å²) in [5.74, 6) is -0.448. The van der Waals surface area contributed by atoms with Crippen LogP contribution in [0.2, 0.25) is 5.02 Å². The highest BCUT2D eigenvalue weighted by atomic mass is 35.5. The van der Waals surface area contributed by atoms with E-state index in [1.807, 2.05) is 13.8 Å². The lowest BCUT2D eigenvalue weighted by Crippen LogP contribution is -2.30. The minimum absolute atomic E-state index is 0.0309. The first-order chi connectivity index (χ1) is 15.4. The SMILES string of the molecule is CCCN1C(=O)C(=O)/C(=C(/O)c2cc(Cl)ccc2OC)C1c1ccc(OC)c(OCC)c1. The van der Waals surface area contributed by atoms with Gasteiger partial charge in [0, 0.05) is 11.6 Å². The summed E-state index contributed by atoms with van der Waals surface area (Å²) < 4.78 is 16.4. The molecule has 170 valence electrons. The number of nitrogens with zero attached hydrogens (tertiary/aromatic N) is 1. The summed E-state index contributed by atoms with van der Waals surface area (Å²) in [6.45, 7) is 4.51. The van der Waals surface area contributed by atoms with E-state index >= 15 is 0 Å². The van der Waals surface area contributed by atoms with Crippen molar-refractivity contribution >= 4 is 29.1 Å². The van der Waals surface area contributed by atoms with Crippen LogP contribution in [0.5, 0.6) is 17.2 Å². The van der Waals surface area contributed by atoms with Gasteiger partial charge in [-0.1, -0.05) is 24.6 Å². The third-order valence-corrected chi connectivity index (χ3v) is 5.46. The van der Waals surface area contributed by atoms with Gasteiger partial charge < -0.3 is 24.2 Å². The molecule has 2 aromatic rings. The van der Waals surface area contributed by atoms with E-state index < -0.39 is 17.7 Å². The van der Waals surface area contributed by atoms with Crippen LogP contribution in [0.1, 0.15) is 37.4 Å². The van der Waals surface area contributed by atoms with Gasteiger partial charge in [-0.25, -0.2) is 0 Å². The van der Waals surface area contributed by atoms with Crippen LogP contribution >= 0.6 is 11.6 Å². The van der Waals surface area contributed by atoms with Crippen molar-refractivity contribution in [2.24, 2.45) is 0 Å². The first kappa shape index (κ1) is 23.5. The monoisotopic (exact) mass is 459 g/mol. The number of carbonyl (C=O) groups excluding carboxylic acids is 2. The Labute approximate surface area is 192 Å². The predicted molar refractivity (Wildman–Crippen MR) is 121 cm³/mol. The summed E-state index contributed by atoms with van der Waals surface area (Å²) in [7, 11) is 2.98. The summed E-state index contributed by atoms with van der Waals surface area (Å²) in [4.78, 5) is 27.4. The number of Topliss-reactive ketones (excluding diaryl/α,β-unsaturated/α-hetero) is 1. The van der Waals surface area contributed by atoms with Crippen LogP contribution in [0, 0.1) is 0 Å². The topological polar surface area (TPSA) is 85.3 Å². The first-order valence-electron chi connectivity index (χ1n) is 10.3. The number of aliphatic hydroxyl groups excluding tert-OH is 1. The quantitative estimate of drug-likeness (QED) is 0.353. The molecule has 0 saturated carbocycles. The molecule has 1 heterocycles. The van der Waals surface area contributed by atoms with Crippen molar-refractivity contribution in [3.8, 4) is 17.2 Å². The summed E-state index contributed by atoms with van der Waals surface area (Å²) in [5.41, 5.74) is 0.819. The number of ketones is 1. The second-order valence-corrected chi connectivity index (χ2v) is 7.62. The first-order valence-corrected chi connectivity index (χ1v) is 10.7. The average Bonchev–Trinajstić information content (AvgIpc) is 3.04. The van der Waals surface area contributed by atoms with Crippen LogP contribution in [0.15, 0.2) is 42.0 Å². The highest BCUT2D eigenvalue weighted by molar-refractivity contribution is 6.46. The fourth-order valence-electron chi connectivity index (χ4n) is 3.84. The van der Waals surface area contributed by atoms with E-state index in [1.165, 1.54) is 25.2 Å². The standard InChI is InChI=1S/C24H26ClNO6/c1-5-11-26-21(14-7-9-18(31-4)19(12-14)32-6-2)20(23(28)24(26)29)22(27)16-13-15(25)8-10-17(16)30-3/h7-10,12-13,21,27H,5-6,11H2,1-4H3/b22-20+. The van der Waals surface area contributed by atoms with Gasteiger partial charge in [-0.15, -0.1) is 0 Å². The molecule has 0 aromatic heterocycles. The van der Waals surface area contributed by atoms with E-state index in [9.17, 15) is 14.7 Å². The van der Waals surface area contributed by atoms with E-state index in [0.717, 1.165) is 0 Å². The Bertz CT molecular complexity index is 1060. The van der Waals surface area contributed by atoms with Crippen molar-refractivity contribution in [1.82, 2.24) is 4.90 Å². The van der Waals surface area contributed by atoms with Gasteiger partial charge in [-0.3, -0.25) is 9.59 Å². The highest BCUT2D eigenvalue weighted by Crippen LogP contribution is 2.43. The summed E-state index contributed by atoms with van der Waals surface area (Å²) in [5, 5.41) is 11.6. The lowest BCUT2D eigenvalue weighted by atomic mass is 9.94. The number of methoxy groups -OCH3 is 2. The van der Waals surface area contributed by atoms with Crippen LogP contribution in [0.3, 0.4) is 0 Å². The number of aliphatic hydroxyl groups is 1. The number of carbonyl (C=O) groups is 2. The predicted octanol–water partition coefficient (Wildman–Crippen LogP) is 4.59. The zero-order valence-corrected chi connectivity index (χ0v) is 19.2. The Morgan fingerprint density at radius 2 is 1.72 bits per heavy atom. The number of hydrogen-bond donors (Lipinski definition) is 1. The molecule has 7 nitrogen and oxygen atoms in total. The van der Waals surface area contributed by atoms with Crippen LogP contribution in [-0.4, -0.2) is 49.1 Å². The Kier molecular flexibility index (Phi) is 7.30. The third kappa shape index (κ3) is 4.25. The normalized spacial score (nSPS) is 17.5. The summed E-state index contributed by atoms with van der Waals surface area (Å²) in [6, 6.07) is 9.10. The van der Waals surface area contributed by atoms with Crippen molar-refractivity contribution in [3.63, 3.8) is 0 Å². The lowest BCUT2D eigenvalue weighted by molar-refractivity contribution is -0.139. The molecule has 0 bridgehead atoms. The second kappa shape index (κ2) is 9.96. The Balaban J connectivity index is 2.26. The van der Waals surface area contributed by atoms with Gasteiger partial charge in [0.15, 0.2) is 11.5 Å². The maximum absolute atomic E-state index is 13.1. The van der Waals surface area contributed by atoms with Crippen molar-refractivity contribution in [2.45, 2.75) is 26.3 Å². The Hall–Kier alpha value is -3.19. The van der Waals surface area contributed by atoms with Gasteiger partial charge in [0.05, 0.1) is 38.0 Å². The number of rotatable bonds is 8. The lowest BCUT2D eigenvalue weighted by Gasteiger charge is -2.25. The van der Waals surface area contributed by atoms with Gasteiger partial charge in [0.1, 0.15) is 11.5 Å². The minimum atomic E-state index is -0.802. The van der Waals surface area contributed by atoms with Gasteiger partial charge in [0.2, 0.25) is 0 Å². The molecule has 1 N–H and O–H groups in total. The molecule has 1 saturated heterocycles. The fraction of sp³-hybridized carbons (Fsp3) is 0.333. The van der Waals surface area contributed by atoms with Crippen LogP contribution in [0.25, 0.3) is 5.76 Å². The molecule has 8 heteroatoms. The maximum atomic E-state index is 13.1. The number of benzene rings is 2. The average molecular weight is 460 g/mol. The molecule has 1 unspecified atom stereocenters. The van der Waals surface area contributed by atoms with Crippen molar-refractivity contribution in [3.05, 3.63) is 58.1 Å². The molecule has 32 heavy (non-hydrogen) atoms. The molecule has 1 fully saturated rings. The minimum Gasteiger partial charge on any atom is -0.507 e. The van der Waals surface area contributed by atoms with E-state index in [0.29, 0.717) is 47.4 Å². The maximum Gasteiger partial charge on any atom is 0.295 e. The molecule has 1 aliphatic rings. The van der Waals surface area contributed by atoms with Gasteiger partial charge in [-0.05, 0) is 49.2 Å². The van der Waals surface area contributed by atoms with E-state index in [1.54, 1.807) is 30.3 Å². The molecule has 1 atom stereocenters. The number of amides is 1. The van der Waals surface area contributed by atoms with Gasteiger partial charge >= 0.3 is 0 Å². The molecule has 0 radical (unpaired) electrons. The summed E-state index contributed by atoms with van der Waals surface area (Å²) in [6.07, 6.45) is 0.637. The van der Waals surface area contributed by atoms with Crippen LogP contribution < -0.4 is 14.2 Å². The highest BCUT2D eigenvalue weighted by Gasteiger charge is 2.46. The smallest absolute Gasteiger partial charge is 0.295 e. The molecule has 1 amide bonds. The van der Waals surface area contributed by atoms with Crippen molar-refractivity contribution < 1.29 is 28.9 Å². The van der Waals surface area contributed by atoms with Crippen LogP contribution in [-0.2, 0) is 9.59 Å². The molecule has 0 spiro atoms. The number of halogens is 1. The Morgan fingerprint density at radius 1 is 1.03 bits per heavy atom. The molecule has 3 rings (SSSR count). The molecule has 0 aliphatic carbocycles. The number of likely N-dealkylation sites (tertiary alicyclic amines) is 1. The third-order valence-electron chi connectivity index (χ3n) is 5.22. The summed E-state index contributed by atoms with van der Waals surface area (Å²) >= 11 is 6.13. The zero-order chi connectivity index (χ0) is 23.4. The van der Waals surface area contributed by atoms with E-state index in [4.69, 9.17) is 25.8 Å². The zero-order valence-electron chi connectivity index (χ0n) is 18.5. The van der Waals surface area contributed by atoms with Gasteiger partial charge in [0.25, 0.3) is 11.7 Å². The van der Waals surface area contributed by atoms with Crippen molar-refractivity contribution in [2.75, 3.05) is 27.4 Å². The molecule has 1 aliphatic heterocycles. The number of ether oxygens (including phenoxy) is 3. The van der Waals surface area contributed by atoms with Crippen molar-refractivity contribution in [1.29, 1.82) is 0 Å². The molecular formula is C24H26ClNO6. The van der Waals surface area contributed by atoms with E-state index in [2.05, 4.69) is 0 Å². The van der Waals surface area contributed by atoms with E-state index in [-0.39, 0.29) is 16.9 Å². The second-order valence-electron chi connectivity index (χ2n) is 7.18. The van der Waals surface area contributed by atoms with Gasteiger partial charge in [-0.2, -0.15) is 0 Å². The van der Waals surface area contributed by atoms with Crippen LogP contribution in [0.4, 0.5) is 0 Å². The fourth-order valence-corrected chi connectivity index (χ4v) is 4.01. The Morgan fingerprint density at radius 3 is 2.34 bits per heavy atom. The number of hydrogen-bond acceptors (Lipinski definition) is 6. The largest absolute Gasteiger partial charge is 0.507 e. The molecule has 2 aromatic carbocycles. The molecular weight excluding hydrogens is 434 g/mol.